The molecule has 0 bridgehead atoms. The van der Waals surface area contributed by atoms with E-state index in [1.54, 1.807) is 25.1 Å². The molecular formula is C15H17ClN4O3S. The minimum atomic E-state index is -3.34. The van der Waals surface area contributed by atoms with Gasteiger partial charge in [0.15, 0.2) is 0 Å². The van der Waals surface area contributed by atoms with Gasteiger partial charge in [-0.25, -0.2) is 13.4 Å². The first-order valence-corrected chi connectivity index (χ1v) is 9.12. The van der Waals surface area contributed by atoms with E-state index in [0.717, 1.165) is 5.56 Å². The van der Waals surface area contributed by atoms with E-state index in [4.69, 9.17) is 17.3 Å². The highest BCUT2D eigenvalue weighted by atomic mass is 35.5. The molecule has 2 aromatic rings. The molecule has 0 aliphatic carbocycles. The lowest BCUT2D eigenvalue weighted by Crippen LogP contribution is -2.15. The lowest BCUT2D eigenvalue weighted by atomic mass is 10.2. The molecule has 0 fully saturated rings. The van der Waals surface area contributed by atoms with E-state index < -0.39 is 15.9 Å². The standard InChI is InChI=1S/C15H17ClN4O3S/c1-2-24(22,23)20-11-5-3-4-10(6-11)8-18-13-7-14(16)19-9-12(13)15(17)21/h3-7,9,20H,2,8H2,1H3,(H2,17,21)(H,18,19). The quantitative estimate of drug-likeness (QED) is 0.648. The zero-order chi connectivity index (χ0) is 17.7. The van der Waals surface area contributed by atoms with E-state index >= 15 is 0 Å². The number of rotatable bonds is 7. The maximum absolute atomic E-state index is 11.6. The van der Waals surface area contributed by atoms with Gasteiger partial charge in [-0.3, -0.25) is 9.52 Å². The van der Waals surface area contributed by atoms with Crippen molar-refractivity contribution in [2.24, 2.45) is 5.73 Å². The molecule has 1 aromatic carbocycles. The van der Waals surface area contributed by atoms with Gasteiger partial charge in [0, 0.05) is 18.4 Å². The summed E-state index contributed by atoms with van der Waals surface area (Å²) in [5, 5.41) is 3.28. The van der Waals surface area contributed by atoms with Crippen LogP contribution in [0.1, 0.15) is 22.8 Å². The number of carbonyl (C=O) groups excluding carboxylic acids is 1. The Hall–Kier alpha value is -2.32. The van der Waals surface area contributed by atoms with Crippen LogP contribution in [0.25, 0.3) is 0 Å². The number of nitrogens with two attached hydrogens (primary N) is 1. The van der Waals surface area contributed by atoms with Crippen molar-refractivity contribution in [1.29, 1.82) is 0 Å². The number of halogens is 1. The van der Waals surface area contributed by atoms with Gasteiger partial charge in [0.25, 0.3) is 5.91 Å². The minimum Gasteiger partial charge on any atom is -0.380 e. The first kappa shape index (κ1) is 18.0. The lowest BCUT2D eigenvalue weighted by Gasteiger charge is -2.12. The number of nitrogens with zero attached hydrogens (tertiary/aromatic N) is 1. The van der Waals surface area contributed by atoms with E-state index in [2.05, 4.69) is 15.0 Å². The van der Waals surface area contributed by atoms with Gasteiger partial charge < -0.3 is 11.1 Å². The summed E-state index contributed by atoms with van der Waals surface area (Å²) in [6.45, 7) is 1.91. The molecule has 0 atom stereocenters. The first-order valence-electron chi connectivity index (χ1n) is 7.09. The minimum absolute atomic E-state index is 0.00698. The van der Waals surface area contributed by atoms with Gasteiger partial charge in [-0.1, -0.05) is 23.7 Å². The summed E-state index contributed by atoms with van der Waals surface area (Å²) >= 11 is 5.84. The van der Waals surface area contributed by atoms with E-state index in [9.17, 15) is 13.2 Å². The number of primary amides is 1. The number of hydrogen-bond donors (Lipinski definition) is 3. The van der Waals surface area contributed by atoms with Gasteiger partial charge in [-0.15, -0.1) is 0 Å². The van der Waals surface area contributed by atoms with Crippen molar-refractivity contribution in [2.45, 2.75) is 13.5 Å². The Balaban J connectivity index is 2.16. The normalized spacial score (nSPS) is 11.1. The van der Waals surface area contributed by atoms with E-state index in [1.165, 1.54) is 12.3 Å². The summed E-state index contributed by atoms with van der Waals surface area (Å²) < 4.78 is 25.7. The molecule has 1 amide bonds. The highest BCUT2D eigenvalue weighted by molar-refractivity contribution is 7.92. The fourth-order valence-electron chi connectivity index (χ4n) is 1.97. The van der Waals surface area contributed by atoms with Crippen molar-refractivity contribution < 1.29 is 13.2 Å². The van der Waals surface area contributed by atoms with Crippen LogP contribution in [0.5, 0.6) is 0 Å². The third-order valence-electron chi connectivity index (χ3n) is 3.20. The lowest BCUT2D eigenvalue weighted by molar-refractivity contribution is 0.100. The predicted molar refractivity (Wildman–Crippen MR) is 94.6 cm³/mol. The number of hydrogen-bond acceptors (Lipinski definition) is 5. The molecule has 9 heteroatoms. The largest absolute Gasteiger partial charge is 0.380 e. The number of pyridine rings is 1. The number of carbonyl (C=O) groups is 1. The topological polar surface area (TPSA) is 114 Å². The average Bonchev–Trinajstić information content (AvgIpc) is 2.52. The fraction of sp³-hybridized carbons (Fsp3) is 0.200. The zero-order valence-electron chi connectivity index (χ0n) is 12.9. The van der Waals surface area contributed by atoms with Gasteiger partial charge in [0.05, 0.1) is 17.0 Å². The number of nitrogens with one attached hydrogen (secondary N) is 2. The Labute approximate surface area is 145 Å². The van der Waals surface area contributed by atoms with Crippen molar-refractivity contribution in [2.75, 3.05) is 15.8 Å². The van der Waals surface area contributed by atoms with Gasteiger partial charge in [-0.2, -0.15) is 0 Å². The Morgan fingerprint density at radius 1 is 1.33 bits per heavy atom. The molecule has 128 valence electrons. The molecule has 0 saturated carbocycles. The van der Waals surface area contributed by atoms with Crippen LogP contribution in [0.3, 0.4) is 0 Å². The van der Waals surface area contributed by atoms with Crippen LogP contribution < -0.4 is 15.8 Å². The van der Waals surface area contributed by atoms with E-state index in [1.807, 2.05) is 6.07 Å². The summed E-state index contributed by atoms with van der Waals surface area (Å²) in [4.78, 5) is 15.2. The SMILES string of the molecule is CCS(=O)(=O)Nc1cccc(CNc2cc(Cl)ncc2C(N)=O)c1. The smallest absolute Gasteiger partial charge is 0.252 e. The van der Waals surface area contributed by atoms with Gasteiger partial charge in [0.1, 0.15) is 5.15 Å². The highest BCUT2D eigenvalue weighted by Crippen LogP contribution is 2.20. The fourth-order valence-corrected chi connectivity index (χ4v) is 2.75. The molecular weight excluding hydrogens is 352 g/mol. The second kappa shape index (κ2) is 7.50. The third-order valence-corrected chi connectivity index (χ3v) is 4.71. The molecule has 0 spiro atoms. The van der Waals surface area contributed by atoms with Crippen LogP contribution in [-0.4, -0.2) is 25.1 Å². The predicted octanol–water partition coefficient (Wildman–Crippen LogP) is 2.21. The second-order valence-corrected chi connectivity index (χ2v) is 7.37. The third kappa shape index (κ3) is 4.84. The van der Waals surface area contributed by atoms with E-state index in [-0.39, 0.29) is 16.5 Å². The molecule has 0 aliphatic heterocycles. The van der Waals surface area contributed by atoms with Crippen molar-refractivity contribution in [3.63, 3.8) is 0 Å². The molecule has 0 unspecified atom stereocenters. The highest BCUT2D eigenvalue weighted by Gasteiger charge is 2.10. The molecule has 1 heterocycles. The Bertz CT molecular complexity index is 856. The van der Waals surface area contributed by atoms with Crippen molar-refractivity contribution >= 4 is 38.9 Å². The summed E-state index contributed by atoms with van der Waals surface area (Å²) in [5.41, 5.74) is 7.27. The van der Waals surface area contributed by atoms with Crippen LogP contribution in [0, 0.1) is 0 Å². The maximum atomic E-state index is 11.6. The van der Waals surface area contributed by atoms with E-state index in [0.29, 0.717) is 17.9 Å². The van der Waals surface area contributed by atoms with Crippen molar-refractivity contribution in [3.05, 3.63) is 52.8 Å². The average molecular weight is 369 g/mol. The number of amides is 1. The zero-order valence-corrected chi connectivity index (χ0v) is 14.5. The summed E-state index contributed by atoms with van der Waals surface area (Å²) in [7, 11) is -3.34. The van der Waals surface area contributed by atoms with Crippen molar-refractivity contribution in [1.82, 2.24) is 4.98 Å². The molecule has 0 aliphatic rings. The van der Waals surface area contributed by atoms with Crippen LogP contribution in [0.4, 0.5) is 11.4 Å². The van der Waals surface area contributed by atoms with Gasteiger partial charge >= 0.3 is 0 Å². The summed E-state index contributed by atoms with van der Waals surface area (Å²) in [5.74, 6) is -0.626. The number of sulfonamides is 1. The molecule has 7 nitrogen and oxygen atoms in total. The molecule has 0 saturated heterocycles. The summed E-state index contributed by atoms with van der Waals surface area (Å²) in [6, 6.07) is 8.43. The Morgan fingerprint density at radius 2 is 2.08 bits per heavy atom. The maximum Gasteiger partial charge on any atom is 0.252 e. The molecule has 2 rings (SSSR count). The van der Waals surface area contributed by atoms with Gasteiger partial charge in [-0.05, 0) is 30.7 Å². The molecule has 24 heavy (non-hydrogen) atoms. The summed E-state index contributed by atoms with van der Waals surface area (Å²) in [6.07, 6.45) is 1.30. The Kier molecular flexibility index (Phi) is 5.63. The van der Waals surface area contributed by atoms with Crippen LogP contribution in [0.15, 0.2) is 36.5 Å². The number of aromatic nitrogens is 1. The second-order valence-electron chi connectivity index (χ2n) is 4.98. The monoisotopic (exact) mass is 368 g/mol. The van der Waals surface area contributed by atoms with Crippen molar-refractivity contribution in [3.8, 4) is 0 Å². The Morgan fingerprint density at radius 3 is 2.75 bits per heavy atom. The van der Waals surface area contributed by atoms with Gasteiger partial charge in [0.2, 0.25) is 10.0 Å². The first-order chi connectivity index (χ1) is 11.3. The van der Waals surface area contributed by atoms with Crippen LogP contribution >= 0.6 is 11.6 Å². The van der Waals surface area contributed by atoms with Crippen LogP contribution in [-0.2, 0) is 16.6 Å². The molecule has 1 aromatic heterocycles. The molecule has 4 N–H and O–H groups in total. The molecule has 0 radical (unpaired) electrons. The van der Waals surface area contributed by atoms with Crippen LogP contribution in [0.2, 0.25) is 5.15 Å². The number of anilines is 2. The number of benzene rings is 1.